The van der Waals surface area contributed by atoms with Crippen LogP contribution in [0.4, 0.5) is 5.00 Å². The predicted molar refractivity (Wildman–Crippen MR) is 122 cm³/mol. The molecule has 0 aliphatic heterocycles. The highest BCUT2D eigenvalue weighted by Crippen LogP contribution is 2.38. The van der Waals surface area contributed by atoms with Gasteiger partial charge in [0, 0.05) is 10.9 Å². The van der Waals surface area contributed by atoms with Crippen molar-refractivity contribution in [2.45, 2.75) is 32.2 Å². The summed E-state index contributed by atoms with van der Waals surface area (Å²) >= 11 is 1.47. The van der Waals surface area contributed by atoms with E-state index in [0.29, 0.717) is 10.6 Å². The van der Waals surface area contributed by atoms with Gasteiger partial charge < -0.3 is 16.4 Å². The van der Waals surface area contributed by atoms with Crippen LogP contribution in [0.5, 0.6) is 0 Å². The molecule has 2 aromatic carbocycles. The van der Waals surface area contributed by atoms with E-state index in [9.17, 15) is 9.59 Å². The molecule has 4 N–H and O–H groups in total. The molecule has 0 radical (unpaired) electrons. The van der Waals surface area contributed by atoms with E-state index in [-0.39, 0.29) is 18.5 Å². The number of nitrogens with two attached hydrogens (primary N) is 1. The van der Waals surface area contributed by atoms with Crippen molar-refractivity contribution in [1.29, 1.82) is 0 Å². The summed E-state index contributed by atoms with van der Waals surface area (Å²) in [6, 6.07) is 18.6. The minimum absolute atomic E-state index is 0.0181. The maximum Gasteiger partial charge on any atom is 0.251 e. The van der Waals surface area contributed by atoms with Crippen molar-refractivity contribution in [3.05, 3.63) is 76.2 Å². The lowest BCUT2D eigenvalue weighted by molar-refractivity contribution is -0.115. The molecule has 0 saturated heterocycles. The Kier molecular flexibility index (Phi) is 5.97. The average molecular weight is 420 g/mol. The van der Waals surface area contributed by atoms with Crippen molar-refractivity contribution in [2.75, 3.05) is 11.9 Å². The summed E-state index contributed by atoms with van der Waals surface area (Å²) in [5, 5.41) is 6.71. The molecule has 1 aromatic heterocycles. The Balaban J connectivity index is 1.36. The van der Waals surface area contributed by atoms with Gasteiger partial charge in [0.25, 0.3) is 5.91 Å². The molecule has 6 heteroatoms. The van der Waals surface area contributed by atoms with Crippen LogP contribution in [-0.4, -0.2) is 18.4 Å². The number of hydrogen-bond donors (Lipinski definition) is 3. The van der Waals surface area contributed by atoms with Gasteiger partial charge in [0.1, 0.15) is 5.00 Å². The van der Waals surface area contributed by atoms with E-state index >= 15 is 0 Å². The number of benzene rings is 2. The summed E-state index contributed by atoms with van der Waals surface area (Å²) in [6.45, 7) is 2.18. The van der Waals surface area contributed by atoms with Crippen molar-refractivity contribution in [3.8, 4) is 11.1 Å². The van der Waals surface area contributed by atoms with Crippen LogP contribution in [0.3, 0.4) is 0 Å². The average Bonchev–Trinajstić information content (AvgIpc) is 3.33. The molecule has 1 heterocycles. The number of nitrogens with one attached hydrogen (secondary N) is 2. The first-order valence-corrected chi connectivity index (χ1v) is 11.0. The highest BCUT2D eigenvalue weighted by Gasteiger charge is 2.26. The van der Waals surface area contributed by atoms with Crippen molar-refractivity contribution in [1.82, 2.24) is 5.32 Å². The second kappa shape index (κ2) is 8.81. The molecule has 1 atom stereocenters. The number of hydrogen-bond acceptors (Lipinski definition) is 4. The van der Waals surface area contributed by atoms with E-state index in [1.807, 2.05) is 25.1 Å². The Bertz CT molecular complexity index is 1060. The molecule has 4 rings (SSSR count). The molecular weight excluding hydrogens is 394 g/mol. The van der Waals surface area contributed by atoms with Crippen LogP contribution < -0.4 is 16.4 Å². The molecule has 5 nitrogen and oxygen atoms in total. The molecule has 30 heavy (non-hydrogen) atoms. The molecule has 1 aliphatic rings. The van der Waals surface area contributed by atoms with Gasteiger partial charge in [0.05, 0.1) is 12.1 Å². The van der Waals surface area contributed by atoms with Crippen LogP contribution in [0.1, 0.15) is 45.7 Å². The fourth-order valence-corrected chi connectivity index (χ4v) is 5.19. The molecule has 1 aliphatic carbocycles. The molecule has 2 amide bonds. The van der Waals surface area contributed by atoms with Gasteiger partial charge in [-0.25, -0.2) is 0 Å². The molecule has 154 valence electrons. The van der Waals surface area contributed by atoms with Crippen LogP contribution in [0.15, 0.2) is 54.6 Å². The molecule has 0 bridgehead atoms. The van der Waals surface area contributed by atoms with Crippen LogP contribution >= 0.6 is 11.3 Å². The third kappa shape index (κ3) is 4.30. The minimum Gasteiger partial charge on any atom is -0.365 e. The number of primary amides is 1. The maximum atomic E-state index is 12.5. The van der Waals surface area contributed by atoms with Crippen LogP contribution in [0.25, 0.3) is 11.1 Å². The summed E-state index contributed by atoms with van der Waals surface area (Å²) in [5.74, 6) is -0.644. The van der Waals surface area contributed by atoms with Crippen LogP contribution in [-0.2, 0) is 17.6 Å². The number of anilines is 1. The van der Waals surface area contributed by atoms with E-state index < -0.39 is 5.91 Å². The summed E-state index contributed by atoms with van der Waals surface area (Å²) < 4.78 is 0. The Hall–Kier alpha value is -2.96. The SMILES string of the molecule is C[C@H](NCC(=O)Nc1sc2c(c1C(N)=O)CCC2)c1ccc(-c2ccccc2)cc1. The maximum absolute atomic E-state index is 12.5. The zero-order chi connectivity index (χ0) is 21.1. The number of carbonyl (C=O) groups excluding carboxylic acids is 2. The van der Waals surface area contributed by atoms with E-state index in [0.717, 1.165) is 36.0 Å². The van der Waals surface area contributed by atoms with Crippen LogP contribution in [0.2, 0.25) is 0 Å². The van der Waals surface area contributed by atoms with Gasteiger partial charge in [0.15, 0.2) is 0 Å². The third-order valence-electron chi connectivity index (χ3n) is 5.51. The van der Waals surface area contributed by atoms with Gasteiger partial charge in [-0.3, -0.25) is 9.59 Å². The fraction of sp³-hybridized carbons (Fsp3) is 0.250. The van der Waals surface area contributed by atoms with Gasteiger partial charge in [-0.2, -0.15) is 0 Å². The quantitative estimate of drug-likeness (QED) is 0.534. The lowest BCUT2D eigenvalue weighted by Crippen LogP contribution is -2.30. The molecule has 0 saturated carbocycles. The molecule has 0 fully saturated rings. The van der Waals surface area contributed by atoms with E-state index in [4.69, 9.17) is 5.73 Å². The second-order valence-corrected chi connectivity index (χ2v) is 8.67. The summed E-state index contributed by atoms with van der Waals surface area (Å²) in [7, 11) is 0. The van der Waals surface area contributed by atoms with Crippen molar-refractivity contribution in [2.24, 2.45) is 5.73 Å². The Labute approximate surface area is 180 Å². The van der Waals surface area contributed by atoms with Crippen LogP contribution in [0, 0.1) is 0 Å². The number of fused-ring (bicyclic) bond motifs is 1. The molecular formula is C24H25N3O2S. The zero-order valence-corrected chi connectivity index (χ0v) is 17.7. The van der Waals surface area contributed by atoms with E-state index in [2.05, 4.69) is 47.0 Å². The van der Waals surface area contributed by atoms with Gasteiger partial charge in [0.2, 0.25) is 5.91 Å². The lowest BCUT2D eigenvalue weighted by atomic mass is 10.0. The first-order chi connectivity index (χ1) is 14.5. The minimum atomic E-state index is -0.468. The summed E-state index contributed by atoms with van der Waals surface area (Å²) in [4.78, 5) is 25.5. The van der Waals surface area contributed by atoms with Crippen molar-refractivity contribution in [3.63, 3.8) is 0 Å². The monoisotopic (exact) mass is 419 g/mol. The fourth-order valence-electron chi connectivity index (χ4n) is 3.88. The standard InChI is InChI=1S/C24H25N3O2S/c1-15(16-10-12-18(13-11-16)17-6-3-2-4-7-17)26-14-21(28)27-24-22(23(25)29)19-8-5-9-20(19)30-24/h2-4,6-7,10-13,15,26H,5,8-9,14H2,1H3,(H2,25,29)(H,27,28)/t15-/m0/s1. The number of amides is 2. The second-order valence-electron chi connectivity index (χ2n) is 7.56. The Morgan fingerprint density at radius 3 is 2.43 bits per heavy atom. The third-order valence-corrected chi connectivity index (χ3v) is 6.71. The normalized spacial score (nSPS) is 13.6. The first-order valence-electron chi connectivity index (χ1n) is 10.2. The summed E-state index contributed by atoms with van der Waals surface area (Å²) in [6.07, 6.45) is 2.84. The lowest BCUT2D eigenvalue weighted by Gasteiger charge is -2.15. The number of aryl methyl sites for hydroxylation is 1. The first kappa shape index (κ1) is 20.3. The van der Waals surface area contributed by atoms with Gasteiger partial charge >= 0.3 is 0 Å². The number of rotatable bonds is 7. The highest BCUT2D eigenvalue weighted by molar-refractivity contribution is 7.17. The van der Waals surface area contributed by atoms with E-state index in [1.54, 1.807) is 0 Å². The highest BCUT2D eigenvalue weighted by atomic mass is 32.1. The van der Waals surface area contributed by atoms with Gasteiger partial charge in [-0.05, 0) is 48.4 Å². The smallest absolute Gasteiger partial charge is 0.251 e. The Morgan fingerprint density at radius 2 is 1.73 bits per heavy atom. The largest absolute Gasteiger partial charge is 0.365 e. The molecule has 3 aromatic rings. The van der Waals surface area contributed by atoms with Gasteiger partial charge in [-0.1, -0.05) is 54.6 Å². The van der Waals surface area contributed by atoms with Crippen molar-refractivity contribution < 1.29 is 9.59 Å². The number of thiophene rings is 1. The number of carbonyl (C=O) groups is 2. The molecule has 0 unspecified atom stereocenters. The van der Waals surface area contributed by atoms with Gasteiger partial charge in [-0.15, -0.1) is 11.3 Å². The van der Waals surface area contributed by atoms with E-state index in [1.165, 1.54) is 21.8 Å². The molecule has 0 spiro atoms. The Morgan fingerprint density at radius 1 is 1.03 bits per heavy atom. The summed E-state index contributed by atoms with van der Waals surface area (Å²) in [5.41, 5.74) is 10.5. The van der Waals surface area contributed by atoms with Crippen molar-refractivity contribution >= 4 is 28.2 Å². The zero-order valence-electron chi connectivity index (χ0n) is 16.9. The predicted octanol–water partition coefficient (Wildman–Crippen LogP) is 4.29. The topological polar surface area (TPSA) is 84.2 Å².